The van der Waals surface area contributed by atoms with Crippen molar-refractivity contribution < 1.29 is 19.4 Å². The van der Waals surface area contributed by atoms with Crippen molar-refractivity contribution >= 4 is 11.7 Å². The number of likely N-dealkylation sites (tertiary alicyclic amines) is 1. The number of rotatable bonds is 6. The summed E-state index contributed by atoms with van der Waals surface area (Å²) in [5.74, 6) is 0.179. The summed E-state index contributed by atoms with van der Waals surface area (Å²) in [7, 11) is 0. The van der Waals surface area contributed by atoms with Crippen molar-refractivity contribution in [2.75, 3.05) is 13.2 Å². The maximum Gasteiger partial charge on any atom is 0.260 e. The molecule has 0 spiro atoms. The molecule has 1 fully saturated rings. The topological polar surface area (TPSA) is 66.8 Å². The minimum Gasteiger partial charge on any atom is -0.504 e. The van der Waals surface area contributed by atoms with Crippen LogP contribution in [0.15, 0.2) is 54.6 Å². The third kappa shape index (κ3) is 4.18. The van der Waals surface area contributed by atoms with Crippen LogP contribution in [0.25, 0.3) is 0 Å². The molecule has 0 saturated carbocycles. The summed E-state index contributed by atoms with van der Waals surface area (Å²) >= 11 is 0. The maximum atomic E-state index is 12.5. The lowest BCUT2D eigenvalue weighted by atomic mass is 10.0. The van der Waals surface area contributed by atoms with E-state index in [1.807, 2.05) is 18.2 Å². The van der Waals surface area contributed by atoms with Gasteiger partial charge in [-0.3, -0.25) is 9.59 Å². The normalized spacial score (nSPS) is 16.6. The molecule has 0 aliphatic carbocycles. The highest BCUT2D eigenvalue weighted by molar-refractivity contribution is 5.96. The smallest absolute Gasteiger partial charge is 0.260 e. The number of hydrogen-bond donors (Lipinski definition) is 1. The number of benzene rings is 2. The lowest BCUT2D eigenvalue weighted by Crippen LogP contribution is -2.39. The van der Waals surface area contributed by atoms with E-state index in [1.54, 1.807) is 35.2 Å². The van der Waals surface area contributed by atoms with Gasteiger partial charge in [0.1, 0.15) is 0 Å². The monoisotopic (exact) mass is 339 g/mol. The first kappa shape index (κ1) is 17.0. The standard InChI is InChI=1S/C20H21NO4/c22-17-10-4-5-11-19(17)25-14-20(24)21-12-6-9-16(21)13-18(23)15-7-2-1-3-8-15/h1-5,7-8,10-11,16,22H,6,9,12-14H2/t16-/m0/s1. The van der Waals surface area contributed by atoms with Crippen LogP contribution in [0.4, 0.5) is 0 Å². The molecule has 5 nitrogen and oxygen atoms in total. The fraction of sp³-hybridized carbons (Fsp3) is 0.300. The average molecular weight is 339 g/mol. The van der Waals surface area contributed by atoms with Crippen molar-refractivity contribution in [3.05, 3.63) is 60.2 Å². The molecule has 1 aliphatic rings. The zero-order valence-electron chi connectivity index (χ0n) is 13.9. The summed E-state index contributed by atoms with van der Waals surface area (Å²) in [6, 6.07) is 15.6. The Labute approximate surface area is 146 Å². The quantitative estimate of drug-likeness (QED) is 0.822. The molecule has 5 heteroatoms. The molecule has 1 N–H and O–H groups in total. The lowest BCUT2D eigenvalue weighted by molar-refractivity contribution is -0.134. The number of hydrogen-bond acceptors (Lipinski definition) is 4. The molecule has 3 rings (SSSR count). The van der Waals surface area contributed by atoms with Crippen molar-refractivity contribution in [2.45, 2.75) is 25.3 Å². The average Bonchev–Trinajstić information content (AvgIpc) is 3.09. The summed E-state index contributed by atoms with van der Waals surface area (Å²) < 4.78 is 5.42. The number of carbonyl (C=O) groups excluding carboxylic acids is 2. The molecule has 1 aliphatic heterocycles. The van der Waals surface area contributed by atoms with E-state index in [4.69, 9.17) is 4.74 Å². The van der Waals surface area contributed by atoms with Gasteiger partial charge in [0.15, 0.2) is 23.9 Å². The molecule has 1 amide bonds. The Morgan fingerprint density at radius 2 is 1.80 bits per heavy atom. The summed E-state index contributed by atoms with van der Waals surface area (Å²) in [6.07, 6.45) is 2.03. The number of phenolic OH excluding ortho intramolecular Hbond substituents is 1. The van der Waals surface area contributed by atoms with Crippen molar-refractivity contribution in [2.24, 2.45) is 0 Å². The highest BCUT2D eigenvalue weighted by atomic mass is 16.5. The highest BCUT2D eigenvalue weighted by Gasteiger charge is 2.30. The third-order valence-corrected chi connectivity index (χ3v) is 4.43. The van der Waals surface area contributed by atoms with Crippen molar-refractivity contribution in [3.8, 4) is 11.5 Å². The summed E-state index contributed by atoms with van der Waals surface area (Å²) in [4.78, 5) is 26.6. The zero-order chi connectivity index (χ0) is 17.6. The minimum atomic E-state index is -0.161. The first-order valence-corrected chi connectivity index (χ1v) is 8.43. The molecule has 1 heterocycles. The van der Waals surface area contributed by atoms with E-state index in [1.165, 1.54) is 6.07 Å². The third-order valence-electron chi connectivity index (χ3n) is 4.43. The van der Waals surface area contributed by atoms with Crippen LogP contribution in [0.3, 0.4) is 0 Å². The summed E-state index contributed by atoms with van der Waals surface area (Å²) in [6.45, 7) is 0.489. The van der Waals surface area contributed by atoms with Gasteiger partial charge in [-0.25, -0.2) is 0 Å². The number of para-hydroxylation sites is 2. The van der Waals surface area contributed by atoms with Crippen LogP contribution in [-0.2, 0) is 4.79 Å². The Morgan fingerprint density at radius 3 is 2.56 bits per heavy atom. The van der Waals surface area contributed by atoms with Crippen LogP contribution in [-0.4, -0.2) is 40.9 Å². The van der Waals surface area contributed by atoms with E-state index in [-0.39, 0.29) is 35.8 Å². The van der Waals surface area contributed by atoms with E-state index in [0.717, 1.165) is 12.8 Å². The van der Waals surface area contributed by atoms with E-state index in [9.17, 15) is 14.7 Å². The van der Waals surface area contributed by atoms with Gasteiger partial charge in [0, 0.05) is 24.6 Å². The Kier molecular flexibility index (Phi) is 5.33. The second-order valence-electron chi connectivity index (χ2n) is 6.13. The molecule has 25 heavy (non-hydrogen) atoms. The summed E-state index contributed by atoms with van der Waals surface area (Å²) in [5, 5.41) is 9.69. The second-order valence-corrected chi connectivity index (χ2v) is 6.13. The molecule has 2 aromatic carbocycles. The molecular weight excluding hydrogens is 318 g/mol. The number of ether oxygens (including phenoxy) is 1. The number of amides is 1. The molecule has 0 unspecified atom stereocenters. The molecule has 0 aromatic heterocycles. The first-order chi connectivity index (χ1) is 12.1. The van der Waals surface area contributed by atoms with E-state index < -0.39 is 0 Å². The predicted octanol–water partition coefficient (Wildman–Crippen LogP) is 3.04. The van der Waals surface area contributed by atoms with Gasteiger partial charge in [-0.2, -0.15) is 0 Å². The minimum absolute atomic E-state index is 0.00697. The van der Waals surface area contributed by atoms with Crippen molar-refractivity contribution in [1.82, 2.24) is 4.90 Å². The first-order valence-electron chi connectivity index (χ1n) is 8.43. The van der Waals surface area contributed by atoms with Crippen LogP contribution in [0, 0.1) is 0 Å². The van der Waals surface area contributed by atoms with Crippen LogP contribution in [0.1, 0.15) is 29.6 Å². The fourth-order valence-electron chi connectivity index (χ4n) is 3.13. The molecule has 0 radical (unpaired) electrons. The fourth-order valence-corrected chi connectivity index (χ4v) is 3.13. The lowest BCUT2D eigenvalue weighted by Gasteiger charge is -2.24. The summed E-state index contributed by atoms with van der Waals surface area (Å²) in [5.41, 5.74) is 0.673. The van der Waals surface area contributed by atoms with Crippen LogP contribution in [0.2, 0.25) is 0 Å². The Balaban J connectivity index is 1.58. The van der Waals surface area contributed by atoms with Gasteiger partial charge in [0.2, 0.25) is 0 Å². The molecule has 0 bridgehead atoms. The largest absolute Gasteiger partial charge is 0.504 e. The van der Waals surface area contributed by atoms with E-state index in [2.05, 4.69) is 0 Å². The second kappa shape index (κ2) is 7.83. The number of Topliss-reactive ketones (excluding diaryl/α,β-unsaturated/α-hetero) is 1. The van der Waals surface area contributed by atoms with Crippen LogP contribution < -0.4 is 4.74 Å². The molecule has 130 valence electrons. The van der Waals surface area contributed by atoms with E-state index in [0.29, 0.717) is 18.5 Å². The van der Waals surface area contributed by atoms with Crippen LogP contribution in [0.5, 0.6) is 11.5 Å². The molecule has 1 atom stereocenters. The van der Waals surface area contributed by atoms with Gasteiger partial charge < -0.3 is 14.7 Å². The van der Waals surface area contributed by atoms with E-state index >= 15 is 0 Å². The van der Waals surface area contributed by atoms with Gasteiger partial charge >= 0.3 is 0 Å². The maximum absolute atomic E-state index is 12.5. The Hall–Kier alpha value is -2.82. The van der Waals surface area contributed by atoms with Gasteiger partial charge in [0.05, 0.1) is 0 Å². The molecule has 2 aromatic rings. The van der Waals surface area contributed by atoms with Crippen molar-refractivity contribution in [3.63, 3.8) is 0 Å². The van der Waals surface area contributed by atoms with Gasteiger partial charge in [-0.05, 0) is 25.0 Å². The highest BCUT2D eigenvalue weighted by Crippen LogP contribution is 2.26. The Morgan fingerprint density at radius 1 is 1.08 bits per heavy atom. The van der Waals surface area contributed by atoms with Gasteiger partial charge in [-0.1, -0.05) is 42.5 Å². The van der Waals surface area contributed by atoms with Crippen LogP contribution >= 0.6 is 0 Å². The number of ketones is 1. The Bertz CT molecular complexity index is 744. The molecule has 1 saturated heterocycles. The predicted molar refractivity (Wildman–Crippen MR) is 93.7 cm³/mol. The number of carbonyl (C=O) groups is 2. The van der Waals surface area contributed by atoms with Crippen molar-refractivity contribution in [1.29, 1.82) is 0 Å². The zero-order valence-corrected chi connectivity index (χ0v) is 13.9. The molecular formula is C20H21NO4. The SMILES string of the molecule is O=C(C[C@@H]1CCCN1C(=O)COc1ccccc1O)c1ccccc1. The number of aromatic hydroxyl groups is 1. The number of phenols is 1. The number of nitrogens with zero attached hydrogens (tertiary/aromatic N) is 1. The van der Waals surface area contributed by atoms with Gasteiger partial charge in [0.25, 0.3) is 5.91 Å². The van der Waals surface area contributed by atoms with Gasteiger partial charge in [-0.15, -0.1) is 0 Å².